The van der Waals surface area contributed by atoms with Crippen LogP contribution in [0.25, 0.3) is 0 Å². The van der Waals surface area contributed by atoms with Crippen LogP contribution in [0.2, 0.25) is 0 Å². The van der Waals surface area contributed by atoms with Gasteiger partial charge in [0.25, 0.3) is 0 Å². The highest BCUT2D eigenvalue weighted by Gasteiger charge is 2.40. The van der Waals surface area contributed by atoms with E-state index in [1.165, 1.54) is 16.7 Å². The van der Waals surface area contributed by atoms with Crippen LogP contribution in [0.4, 0.5) is 4.79 Å². The standard InChI is InChI=1S/C12H18N2O3S/c1-3-5-6-7-13-12(17)14-9(11(15)16)8-18-10(14)4-2/h1,9-10H,4-8H2,2H3,(H,13,17)(H,15,16). The van der Waals surface area contributed by atoms with Crippen molar-refractivity contribution in [2.75, 3.05) is 12.3 Å². The predicted molar refractivity (Wildman–Crippen MR) is 71.3 cm³/mol. The summed E-state index contributed by atoms with van der Waals surface area (Å²) in [6, 6.07) is -1.04. The maximum atomic E-state index is 12.0. The van der Waals surface area contributed by atoms with E-state index < -0.39 is 12.0 Å². The molecule has 5 nitrogen and oxygen atoms in total. The van der Waals surface area contributed by atoms with Crippen LogP contribution in [0.5, 0.6) is 0 Å². The number of carbonyl (C=O) groups is 2. The summed E-state index contributed by atoms with van der Waals surface area (Å²) in [5.74, 6) is 2.00. The second kappa shape index (κ2) is 7.17. The Morgan fingerprint density at radius 3 is 2.89 bits per heavy atom. The molecule has 2 amide bonds. The van der Waals surface area contributed by atoms with E-state index in [0.717, 1.165) is 6.42 Å². The van der Waals surface area contributed by atoms with Gasteiger partial charge in [0.05, 0.1) is 5.37 Å². The molecule has 0 saturated carbocycles. The maximum absolute atomic E-state index is 12.0. The van der Waals surface area contributed by atoms with Gasteiger partial charge in [-0.05, 0) is 12.8 Å². The van der Waals surface area contributed by atoms with E-state index in [2.05, 4.69) is 11.2 Å². The predicted octanol–water partition coefficient (Wildman–Crippen LogP) is 1.35. The number of terminal acetylenes is 1. The number of hydrogen-bond acceptors (Lipinski definition) is 3. The molecule has 1 heterocycles. The number of carboxylic acids is 1. The molecule has 0 aromatic carbocycles. The highest BCUT2D eigenvalue weighted by atomic mass is 32.2. The summed E-state index contributed by atoms with van der Waals surface area (Å²) < 4.78 is 0. The first kappa shape index (κ1) is 14.7. The molecule has 6 heteroatoms. The van der Waals surface area contributed by atoms with Crippen LogP contribution in [0, 0.1) is 12.3 Å². The van der Waals surface area contributed by atoms with Gasteiger partial charge in [-0.3, -0.25) is 4.90 Å². The number of rotatable bonds is 5. The van der Waals surface area contributed by atoms with Crippen molar-refractivity contribution in [1.82, 2.24) is 10.2 Å². The molecule has 0 aliphatic carbocycles. The van der Waals surface area contributed by atoms with Gasteiger partial charge in [-0.15, -0.1) is 24.1 Å². The second-order valence-electron chi connectivity index (χ2n) is 4.00. The van der Waals surface area contributed by atoms with Gasteiger partial charge < -0.3 is 10.4 Å². The van der Waals surface area contributed by atoms with Gasteiger partial charge in [-0.25, -0.2) is 9.59 Å². The minimum atomic E-state index is -0.947. The van der Waals surface area contributed by atoms with Gasteiger partial charge in [0.2, 0.25) is 0 Å². The van der Waals surface area contributed by atoms with Gasteiger partial charge in [0, 0.05) is 18.7 Å². The molecule has 0 aromatic heterocycles. The summed E-state index contributed by atoms with van der Waals surface area (Å²) in [7, 11) is 0. The molecule has 1 rings (SSSR count). The van der Waals surface area contributed by atoms with Crippen LogP contribution in [-0.2, 0) is 4.79 Å². The topological polar surface area (TPSA) is 69.6 Å². The Hall–Kier alpha value is -1.35. The fraction of sp³-hybridized carbons (Fsp3) is 0.667. The number of amides is 2. The van der Waals surface area contributed by atoms with Gasteiger partial charge in [0.1, 0.15) is 6.04 Å². The van der Waals surface area contributed by atoms with Crippen molar-refractivity contribution < 1.29 is 14.7 Å². The highest BCUT2D eigenvalue weighted by molar-refractivity contribution is 8.00. The van der Waals surface area contributed by atoms with Gasteiger partial charge >= 0.3 is 12.0 Å². The fourth-order valence-electron chi connectivity index (χ4n) is 1.82. The largest absolute Gasteiger partial charge is 0.480 e. The lowest BCUT2D eigenvalue weighted by atomic mass is 10.2. The summed E-state index contributed by atoms with van der Waals surface area (Å²) >= 11 is 1.51. The van der Waals surface area contributed by atoms with Gasteiger partial charge in [0.15, 0.2) is 0 Å². The van der Waals surface area contributed by atoms with Crippen molar-refractivity contribution in [3.05, 3.63) is 0 Å². The molecule has 1 saturated heterocycles. The Labute approximate surface area is 111 Å². The lowest BCUT2D eigenvalue weighted by Gasteiger charge is -2.26. The maximum Gasteiger partial charge on any atom is 0.327 e. The number of hydrogen-bond donors (Lipinski definition) is 2. The minimum Gasteiger partial charge on any atom is -0.480 e. The van der Waals surface area contributed by atoms with Crippen molar-refractivity contribution in [2.45, 2.75) is 37.6 Å². The van der Waals surface area contributed by atoms with Crippen LogP contribution in [0.3, 0.4) is 0 Å². The molecule has 1 fully saturated rings. The number of nitrogens with one attached hydrogen (secondary N) is 1. The summed E-state index contributed by atoms with van der Waals surface area (Å²) in [6.45, 7) is 2.42. The molecule has 1 aliphatic rings. The van der Waals surface area contributed by atoms with Crippen LogP contribution in [-0.4, -0.2) is 45.7 Å². The Morgan fingerprint density at radius 2 is 2.33 bits per heavy atom. The van der Waals surface area contributed by atoms with E-state index in [4.69, 9.17) is 11.5 Å². The van der Waals surface area contributed by atoms with Crippen LogP contribution >= 0.6 is 11.8 Å². The average Bonchev–Trinajstić information content (AvgIpc) is 2.78. The average molecular weight is 270 g/mol. The lowest BCUT2D eigenvalue weighted by Crippen LogP contribution is -2.50. The highest BCUT2D eigenvalue weighted by Crippen LogP contribution is 2.31. The van der Waals surface area contributed by atoms with Crippen LogP contribution in [0.15, 0.2) is 0 Å². The van der Waals surface area contributed by atoms with E-state index in [1.807, 2.05) is 6.92 Å². The first-order valence-electron chi connectivity index (χ1n) is 5.95. The molecular weight excluding hydrogens is 252 g/mol. The van der Waals surface area contributed by atoms with Crippen LogP contribution in [0.1, 0.15) is 26.2 Å². The molecule has 2 N–H and O–H groups in total. The van der Waals surface area contributed by atoms with Crippen molar-refractivity contribution in [3.63, 3.8) is 0 Å². The quantitative estimate of drug-likeness (QED) is 0.584. The van der Waals surface area contributed by atoms with E-state index in [0.29, 0.717) is 25.1 Å². The number of unbranched alkanes of at least 4 members (excludes halogenated alkanes) is 1. The first-order valence-corrected chi connectivity index (χ1v) is 7.00. The molecule has 2 atom stereocenters. The summed E-state index contributed by atoms with van der Waals surface area (Å²) in [5, 5.41) is 11.8. The Morgan fingerprint density at radius 1 is 1.61 bits per heavy atom. The molecule has 0 bridgehead atoms. The normalized spacial score (nSPS) is 22.6. The number of urea groups is 1. The van der Waals surface area contributed by atoms with Gasteiger partial charge in [-0.2, -0.15) is 0 Å². The molecule has 0 radical (unpaired) electrons. The summed E-state index contributed by atoms with van der Waals surface area (Å²) in [5.41, 5.74) is 0. The van der Waals surface area contributed by atoms with Gasteiger partial charge in [-0.1, -0.05) is 6.92 Å². The summed E-state index contributed by atoms with van der Waals surface area (Å²) in [6.07, 6.45) is 7.17. The SMILES string of the molecule is C#CCCCNC(=O)N1C(CC)SCC1C(=O)O. The summed E-state index contributed by atoms with van der Waals surface area (Å²) in [4.78, 5) is 24.5. The van der Waals surface area contributed by atoms with Crippen molar-refractivity contribution in [1.29, 1.82) is 0 Å². The second-order valence-corrected chi connectivity index (χ2v) is 5.21. The van der Waals surface area contributed by atoms with E-state index in [-0.39, 0.29) is 11.4 Å². The zero-order valence-electron chi connectivity index (χ0n) is 10.4. The number of carbonyl (C=O) groups excluding carboxylic acids is 1. The zero-order chi connectivity index (χ0) is 13.5. The third-order valence-electron chi connectivity index (χ3n) is 2.74. The third kappa shape index (κ3) is 3.57. The number of aliphatic carboxylic acids is 1. The Balaban J connectivity index is 2.56. The van der Waals surface area contributed by atoms with Crippen molar-refractivity contribution in [2.24, 2.45) is 0 Å². The van der Waals surface area contributed by atoms with Crippen molar-refractivity contribution in [3.8, 4) is 12.3 Å². The molecule has 0 aromatic rings. The molecule has 100 valence electrons. The Bertz CT molecular complexity index is 354. The molecule has 0 spiro atoms. The molecule has 2 unspecified atom stereocenters. The number of thioether (sulfide) groups is 1. The zero-order valence-corrected chi connectivity index (χ0v) is 11.2. The van der Waals surface area contributed by atoms with Crippen molar-refractivity contribution >= 4 is 23.8 Å². The van der Waals surface area contributed by atoms with E-state index in [1.54, 1.807) is 0 Å². The first-order chi connectivity index (χ1) is 8.61. The monoisotopic (exact) mass is 270 g/mol. The minimum absolute atomic E-state index is 0.0567. The molecule has 1 aliphatic heterocycles. The van der Waals surface area contributed by atoms with E-state index >= 15 is 0 Å². The van der Waals surface area contributed by atoms with E-state index in [9.17, 15) is 9.59 Å². The number of nitrogens with zero attached hydrogens (tertiary/aromatic N) is 1. The van der Waals surface area contributed by atoms with Crippen LogP contribution < -0.4 is 5.32 Å². The smallest absolute Gasteiger partial charge is 0.327 e. The molecule has 18 heavy (non-hydrogen) atoms. The molecular formula is C12H18N2O3S. The number of carboxylic acid groups (broad SMARTS) is 1. The Kier molecular flexibility index (Phi) is 5.86. The third-order valence-corrected chi connectivity index (χ3v) is 4.19. The fourth-order valence-corrected chi connectivity index (χ4v) is 3.16. The lowest BCUT2D eigenvalue weighted by molar-refractivity contribution is -0.141.